The van der Waals surface area contributed by atoms with Gasteiger partial charge in [0.05, 0.1) is 0 Å². The number of amides is 1. The smallest absolute Gasteiger partial charge is 0.253 e. The second-order valence-electron chi connectivity index (χ2n) is 5.33. The van der Waals surface area contributed by atoms with E-state index in [0.29, 0.717) is 19.0 Å². The molecule has 0 aromatic heterocycles. The number of nitrogens with zero attached hydrogens (tertiary/aromatic N) is 1. The largest absolute Gasteiger partial charge is 0.381 e. The van der Waals surface area contributed by atoms with Crippen molar-refractivity contribution in [3.63, 3.8) is 0 Å². The number of nitrogens with one attached hydrogen (secondary N) is 1. The molecule has 2 rings (SSSR count). The van der Waals surface area contributed by atoms with Crippen LogP contribution in [0.2, 0.25) is 0 Å². The maximum atomic E-state index is 13.8. The van der Waals surface area contributed by atoms with E-state index in [9.17, 15) is 13.6 Å². The number of benzene rings is 1. The highest BCUT2D eigenvalue weighted by Crippen LogP contribution is 2.27. The van der Waals surface area contributed by atoms with Crippen LogP contribution in [0.5, 0.6) is 0 Å². The maximum Gasteiger partial charge on any atom is 0.253 e. The third-order valence-electron chi connectivity index (χ3n) is 3.75. The molecule has 5 heteroatoms. The second kappa shape index (κ2) is 6.20. The summed E-state index contributed by atoms with van der Waals surface area (Å²) >= 11 is 0. The molecule has 0 bridgehead atoms. The van der Waals surface area contributed by atoms with Crippen LogP contribution in [0.15, 0.2) is 12.1 Å². The Labute approximate surface area is 118 Å². The van der Waals surface area contributed by atoms with Gasteiger partial charge in [0.2, 0.25) is 0 Å². The Hall–Kier alpha value is -1.65. The molecule has 1 aromatic rings. The number of rotatable bonds is 5. The van der Waals surface area contributed by atoms with Gasteiger partial charge in [-0.05, 0) is 37.8 Å². The number of hydrogen-bond donors (Lipinski definition) is 1. The van der Waals surface area contributed by atoms with Crippen LogP contribution in [0.1, 0.15) is 36.5 Å². The van der Waals surface area contributed by atoms with E-state index in [1.54, 1.807) is 18.9 Å². The molecule has 1 aromatic carbocycles. The Balaban J connectivity index is 2.12. The van der Waals surface area contributed by atoms with Gasteiger partial charge in [-0.2, -0.15) is 0 Å². The molecule has 1 fully saturated rings. The van der Waals surface area contributed by atoms with Crippen molar-refractivity contribution in [2.45, 2.75) is 26.2 Å². The second-order valence-corrected chi connectivity index (χ2v) is 5.33. The van der Waals surface area contributed by atoms with Gasteiger partial charge in [-0.15, -0.1) is 0 Å². The summed E-state index contributed by atoms with van der Waals surface area (Å²) in [6.07, 6.45) is 3.45. The predicted octanol–water partition coefficient (Wildman–Crippen LogP) is 3.27. The Kier molecular flexibility index (Phi) is 4.57. The summed E-state index contributed by atoms with van der Waals surface area (Å²) in [6, 6.07) is 2.20. The monoisotopic (exact) mass is 282 g/mol. The number of hydrogen-bond acceptors (Lipinski definition) is 2. The van der Waals surface area contributed by atoms with Crippen molar-refractivity contribution in [2.75, 3.05) is 25.5 Å². The highest BCUT2D eigenvalue weighted by atomic mass is 19.1. The predicted molar refractivity (Wildman–Crippen MR) is 74.8 cm³/mol. The Morgan fingerprint density at radius 1 is 1.35 bits per heavy atom. The first-order valence-corrected chi connectivity index (χ1v) is 7.01. The Morgan fingerprint density at radius 2 is 1.95 bits per heavy atom. The molecule has 0 aliphatic heterocycles. The van der Waals surface area contributed by atoms with Crippen LogP contribution in [0.3, 0.4) is 0 Å². The Morgan fingerprint density at radius 3 is 2.40 bits per heavy atom. The summed E-state index contributed by atoms with van der Waals surface area (Å²) in [4.78, 5) is 13.7. The van der Waals surface area contributed by atoms with Gasteiger partial charge in [0, 0.05) is 25.7 Å². The van der Waals surface area contributed by atoms with Gasteiger partial charge in [-0.3, -0.25) is 4.79 Å². The fraction of sp³-hybridized carbons (Fsp3) is 0.533. The first kappa shape index (κ1) is 14.8. The van der Waals surface area contributed by atoms with Gasteiger partial charge in [0.15, 0.2) is 0 Å². The molecule has 0 saturated heterocycles. The van der Waals surface area contributed by atoms with Crippen molar-refractivity contribution >= 4 is 11.6 Å². The van der Waals surface area contributed by atoms with Crippen LogP contribution in [-0.4, -0.2) is 30.9 Å². The number of anilines is 1. The molecule has 1 saturated carbocycles. The van der Waals surface area contributed by atoms with E-state index in [-0.39, 0.29) is 17.2 Å². The summed E-state index contributed by atoms with van der Waals surface area (Å²) in [5, 5.41) is 2.62. The molecule has 1 aliphatic carbocycles. The molecule has 3 nitrogen and oxygen atoms in total. The molecule has 0 atom stereocenters. The molecule has 0 unspecified atom stereocenters. The van der Waals surface area contributed by atoms with E-state index in [2.05, 4.69) is 5.32 Å². The van der Waals surface area contributed by atoms with Crippen LogP contribution >= 0.6 is 0 Å². The lowest BCUT2D eigenvalue weighted by Crippen LogP contribution is -2.34. The minimum Gasteiger partial charge on any atom is -0.381 e. The topological polar surface area (TPSA) is 32.3 Å². The zero-order valence-electron chi connectivity index (χ0n) is 11.9. The van der Waals surface area contributed by atoms with E-state index >= 15 is 0 Å². The van der Waals surface area contributed by atoms with Crippen LogP contribution < -0.4 is 5.32 Å². The van der Waals surface area contributed by atoms with Gasteiger partial charge in [-0.1, -0.05) is 6.42 Å². The van der Waals surface area contributed by atoms with E-state index < -0.39 is 11.6 Å². The van der Waals surface area contributed by atoms with Crippen molar-refractivity contribution in [3.8, 4) is 0 Å². The van der Waals surface area contributed by atoms with Crippen molar-refractivity contribution in [2.24, 2.45) is 5.92 Å². The van der Waals surface area contributed by atoms with E-state index in [4.69, 9.17) is 0 Å². The normalized spacial score (nSPS) is 14.8. The van der Waals surface area contributed by atoms with Crippen LogP contribution in [0.4, 0.5) is 14.5 Å². The molecule has 0 heterocycles. The summed E-state index contributed by atoms with van der Waals surface area (Å²) in [7, 11) is 1.68. The first-order chi connectivity index (χ1) is 9.52. The summed E-state index contributed by atoms with van der Waals surface area (Å²) < 4.78 is 27.6. The highest BCUT2D eigenvalue weighted by Gasteiger charge is 2.23. The fourth-order valence-electron chi connectivity index (χ4n) is 2.41. The molecule has 110 valence electrons. The molecular formula is C15H20F2N2O. The number of halogens is 2. The maximum absolute atomic E-state index is 13.8. The molecule has 0 spiro atoms. The van der Waals surface area contributed by atoms with Crippen LogP contribution in [0, 0.1) is 17.6 Å². The summed E-state index contributed by atoms with van der Waals surface area (Å²) in [6.45, 7) is 2.82. The minimum atomic E-state index is -0.729. The van der Waals surface area contributed by atoms with Crippen LogP contribution in [-0.2, 0) is 0 Å². The van der Waals surface area contributed by atoms with E-state index in [0.717, 1.165) is 25.0 Å². The summed E-state index contributed by atoms with van der Waals surface area (Å²) in [5.41, 5.74) is -0.117. The molecule has 20 heavy (non-hydrogen) atoms. The first-order valence-electron chi connectivity index (χ1n) is 7.01. The van der Waals surface area contributed by atoms with E-state index in [1.807, 2.05) is 0 Å². The van der Waals surface area contributed by atoms with Gasteiger partial charge >= 0.3 is 0 Å². The lowest BCUT2D eigenvalue weighted by Gasteiger charge is -2.30. The molecule has 0 radical (unpaired) electrons. The molecule has 1 aliphatic rings. The van der Waals surface area contributed by atoms with Crippen molar-refractivity contribution in [1.82, 2.24) is 4.90 Å². The minimum absolute atomic E-state index is 0.0588. The van der Waals surface area contributed by atoms with E-state index in [1.165, 1.54) is 6.42 Å². The zero-order valence-corrected chi connectivity index (χ0v) is 11.9. The number of carbonyl (C=O) groups is 1. The van der Waals surface area contributed by atoms with Gasteiger partial charge in [0.25, 0.3) is 5.91 Å². The van der Waals surface area contributed by atoms with Gasteiger partial charge in [-0.25, -0.2) is 8.78 Å². The quantitative estimate of drug-likeness (QED) is 0.899. The van der Waals surface area contributed by atoms with Gasteiger partial charge in [0.1, 0.15) is 17.3 Å². The van der Waals surface area contributed by atoms with Crippen molar-refractivity contribution in [3.05, 3.63) is 29.3 Å². The summed E-state index contributed by atoms with van der Waals surface area (Å²) in [5.74, 6) is -1.27. The molecular weight excluding hydrogens is 262 g/mol. The Bertz CT molecular complexity index is 478. The average molecular weight is 282 g/mol. The lowest BCUT2D eigenvalue weighted by molar-refractivity contribution is 0.0744. The number of carbonyl (C=O) groups excluding carboxylic acids is 1. The van der Waals surface area contributed by atoms with Crippen LogP contribution in [0.25, 0.3) is 0 Å². The highest BCUT2D eigenvalue weighted by molar-refractivity contribution is 5.94. The van der Waals surface area contributed by atoms with Gasteiger partial charge < -0.3 is 10.2 Å². The lowest BCUT2D eigenvalue weighted by atomic mass is 9.85. The third-order valence-corrected chi connectivity index (χ3v) is 3.75. The molecule has 1 amide bonds. The molecule has 1 N–H and O–H groups in total. The fourth-order valence-corrected chi connectivity index (χ4v) is 2.41. The third kappa shape index (κ3) is 3.08. The standard InChI is InChI=1S/C15H20F2N2O/c1-3-18-14-12(16)7-11(8-13(14)17)15(20)19(2)9-10-5-4-6-10/h7-8,10,18H,3-6,9H2,1-2H3. The van der Waals surface area contributed by atoms with Crippen molar-refractivity contribution < 1.29 is 13.6 Å². The van der Waals surface area contributed by atoms with Crippen molar-refractivity contribution in [1.29, 1.82) is 0 Å². The SMILES string of the molecule is CCNc1c(F)cc(C(=O)N(C)CC2CCC2)cc1F. The zero-order chi connectivity index (χ0) is 14.7. The average Bonchev–Trinajstić information content (AvgIpc) is 2.36.